The maximum Gasteiger partial charge on any atom is 0.247 e. The molecule has 2 saturated heterocycles. The van der Waals surface area contributed by atoms with Gasteiger partial charge in [0.2, 0.25) is 11.9 Å². The molecule has 0 bridgehead atoms. The third-order valence-electron chi connectivity index (χ3n) is 6.92. The van der Waals surface area contributed by atoms with Gasteiger partial charge in [-0.3, -0.25) is 9.69 Å². The van der Waals surface area contributed by atoms with Crippen molar-refractivity contribution in [2.24, 2.45) is 0 Å². The highest BCUT2D eigenvalue weighted by atomic mass is 16.5. The average Bonchev–Trinajstić information content (AvgIpc) is 3.27. The molecule has 0 aliphatic carbocycles. The molecule has 0 saturated carbocycles. The summed E-state index contributed by atoms with van der Waals surface area (Å²) in [5.74, 6) is 1.44. The number of carbonyl (C=O) groups excluding carboxylic acids is 1. The molecule has 0 unspecified atom stereocenters. The lowest BCUT2D eigenvalue weighted by molar-refractivity contribution is -0.111. The van der Waals surface area contributed by atoms with Crippen LogP contribution in [0.15, 0.2) is 43.2 Å². The molecular formula is C27H34N8O2. The molecule has 5 rings (SSSR count). The minimum Gasteiger partial charge on any atom is -0.494 e. The Balaban J connectivity index is 1.43. The van der Waals surface area contributed by atoms with Crippen LogP contribution in [-0.4, -0.2) is 63.8 Å². The number of aryl methyl sites for hydroxylation is 1. The van der Waals surface area contributed by atoms with Gasteiger partial charge < -0.3 is 20.3 Å². The number of rotatable bonds is 9. The maximum absolute atomic E-state index is 12.2. The van der Waals surface area contributed by atoms with E-state index >= 15 is 0 Å². The average molecular weight is 503 g/mol. The molecule has 1 amide bonds. The summed E-state index contributed by atoms with van der Waals surface area (Å²) >= 11 is 0. The molecule has 4 heterocycles. The van der Waals surface area contributed by atoms with E-state index in [2.05, 4.69) is 37.1 Å². The van der Waals surface area contributed by atoms with Crippen LogP contribution in [0.1, 0.15) is 36.9 Å². The molecule has 0 spiro atoms. The molecule has 1 aromatic carbocycles. The zero-order valence-corrected chi connectivity index (χ0v) is 21.5. The highest BCUT2D eigenvalue weighted by Gasteiger charge is 2.20. The van der Waals surface area contributed by atoms with E-state index in [1.54, 1.807) is 18.0 Å². The van der Waals surface area contributed by atoms with Crippen LogP contribution in [0.3, 0.4) is 0 Å². The summed E-state index contributed by atoms with van der Waals surface area (Å²) in [5, 5.41) is 10.9. The van der Waals surface area contributed by atoms with Crippen molar-refractivity contribution in [2.75, 3.05) is 48.8 Å². The number of hydrogen-bond donors (Lipinski definition) is 2. The van der Waals surface area contributed by atoms with Gasteiger partial charge in [-0.2, -0.15) is 10.1 Å². The molecule has 10 heteroatoms. The van der Waals surface area contributed by atoms with Crippen LogP contribution in [-0.2, 0) is 11.3 Å². The fraction of sp³-hybridized carbons (Fsp3) is 0.407. The largest absolute Gasteiger partial charge is 0.494 e. The number of nitrogens with one attached hydrogen (secondary N) is 2. The van der Waals surface area contributed by atoms with Crippen molar-refractivity contribution in [2.45, 2.75) is 39.2 Å². The van der Waals surface area contributed by atoms with Gasteiger partial charge in [0.05, 0.1) is 29.9 Å². The van der Waals surface area contributed by atoms with E-state index in [0.29, 0.717) is 28.9 Å². The quantitative estimate of drug-likeness (QED) is 0.423. The number of nitrogens with zero attached hydrogens (tertiary/aromatic N) is 6. The van der Waals surface area contributed by atoms with Gasteiger partial charge >= 0.3 is 0 Å². The Morgan fingerprint density at radius 3 is 2.65 bits per heavy atom. The number of benzene rings is 1. The second kappa shape index (κ2) is 11.0. The topological polar surface area (TPSA) is 100 Å². The van der Waals surface area contributed by atoms with Crippen LogP contribution in [0.5, 0.6) is 5.75 Å². The number of hydrogen-bond acceptors (Lipinski definition) is 8. The van der Waals surface area contributed by atoms with Crippen LogP contribution >= 0.6 is 0 Å². The lowest BCUT2D eigenvalue weighted by Gasteiger charge is -2.31. The monoisotopic (exact) mass is 502 g/mol. The third kappa shape index (κ3) is 5.59. The first-order chi connectivity index (χ1) is 18.0. The predicted molar refractivity (Wildman–Crippen MR) is 145 cm³/mol. The smallest absolute Gasteiger partial charge is 0.247 e. The van der Waals surface area contributed by atoms with Crippen molar-refractivity contribution in [3.05, 3.63) is 54.5 Å². The number of methoxy groups -OCH3 is 1. The fourth-order valence-electron chi connectivity index (χ4n) is 4.72. The summed E-state index contributed by atoms with van der Waals surface area (Å²) in [7, 11) is 1.63. The molecule has 0 atom stereocenters. The van der Waals surface area contributed by atoms with Crippen LogP contribution in [0.2, 0.25) is 0 Å². The number of amides is 1. The van der Waals surface area contributed by atoms with Gasteiger partial charge in [0.25, 0.3) is 0 Å². The molecular weight excluding hydrogens is 468 g/mol. The van der Waals surface area contributed by atoms with Crippen molar-refractivity contribution in [1.82, 2.24) is 24.6 Å². The highest BCUT2D eigenvalue weighted by Crippen LogP contribution is 2.39. The Bertz CT molecular complexity index is 1280. The van der Waals surface area contributed by atoms with Gasteiger partial charge in [-0.05, 0) is 57.8 Å². The number of anilines is 4. The third-order valence-corrected chi connectivity index (χ3v) is 6.92. The molecule has 3 aromatic rings. The minimum atomic E-state index is -0.268. The molecule has 2 aliphatic rings. The van der Waals surface area contributed by atoms with Crippen LogP contribution < -0.4 is 20.3 Å². The molecule has 0 radical (unpaired) electrons. The van der Waals surface area contributed by atoms with E-state index in [0.717, 1.165) is 56.9 Å². The van der Waals surface area contributed by atoms with E-state index in [-0.39, 0.29) is 5.91 Å². The normalized spacial score (nSPS) is 15.7. The number of piperidine rings is 1. The Kier molecular flexibility index (Phi) is 7.36. The SMILES string of the molecule is C=CC(=O)Nc1cc(Nc2nccc(-n3cc(CN4CCC4)c(C)n3)n2)c(OC)cc1N1CCCCC1. The Morgan fingerprint density at radius 1 is 1.14 bits per heavy atom. The van der Waals surface area contributed by atoms with Crippen molar-refractivity contribution in [3.8, 4) is 11.6 Å². The first-order valence-electron chi connectivity index (χ1n) is 12.8. The summed E-state index contributed by atoms with van der Waals surface area (Å²) in [4.78, 5) is 26.0. The zero-order chi connectivity index (χ0) is 25.8. The molecule has 10 nitrogen and oxygen atoms in total. The summed E-state index contributed by atoms with van der Waals surface area (Å²) in [6.07, 6.45) is 9.71. The van der Waals surface area contributed by atoms with Gasteiger partial charge in [-0.1, -0.05) is 6.58 Å². The molecule has 37 heavy (non-hydrogen) atoms. The lowest BCUT2D eigenvalue weighted by atomic mass is 10.1. The van der Waals surface area contributed by atoms with Crippen molar-refractivity contribution < 1.29 is 9.53 Å². The summed E-state index contributed by atoms with van der Waals surface area (Å²) in [6.45, 7) is 10.7. The van der Waals surface area contributed by atoms with Crippen LogP contribution in [0.4, 0.5) is 23.0 Å². The summed E-state index contributed by atoms with van der Waals surface area (Å²) < 4.78 is 7.52. The summed E-state index contributed by atoms with van der Waals surface area (Å²) in [5.41, 5.74) is 4.45. The highest BCUT2D eigenvalue weighted by molar-refractivity contribution is 6.02. The number of carbonyl (C=O) groups is 1. The zero-order valence-electron chi connectivity index (χ0n) is 21.5. The second-order valence-corrected chi connectivity index (χ2v) is 9.49. The van der Waals surface area contributed by atoms with E-state index in [1.165, 1.54) is 24.5 Å². The Labute approximate surface area is 217 Å². The van der Waals surface area contributed by atoms with Crippen molar-refractivity contribution >= 4 is 28.9 Å². The number of aromatic nitrogens is 4. The van der Waals surface area contributed by atoms with Gasteiger partial charge in [0.1, 0.15) is 5.75 Å². The van der Waals surface area contributed by atoms with E-state index in [9.17, 15) is 4.79 Å². The first kappa shape index (κ1) is 24.8. The molecule has 2 N–H and O–H groups in total. The van der Waals surface area contributed by atoms with E-state index in [4.69, 9.17) is 9.72 Å². The lowest BCUT2D eigenvalue weighted by Crippen LogP contribution is -2.36. The van der Waals surface area contributed by atoms with E-state index < -0.39 is 0 Å². The molecule has 2 fully saturated rings. The number of ether oxygens (including phenoxy) is 1. The minimum absolute atomic E-state index is 0.268. The van der Waals surface area contributed by atoms with Gasteiger partial charge in [0, 0.05) is 49.7 Å². The van der Waals surface area contributed by atoms with Crippen molar-refractivity contribution in [3.63, 3.8) is 0 Å². The summed E-state index contributed by atoms with van der Waals surface area (Å²) in [6, 6.07) is 5.65. The van der Waals surface area contributed by atoms with E-state index in [1.807, 2.05) is 31.3 Å². The van der Waals surface area contributed by atoms with Crippen molar-refractivity contribution in [1.29, 1.82) is 0 Å². The van der Waals surface area contributed by atoms with Gasteiger partial charge in [-0.25, -0.2) is 9.67 Å². The molecule has 194 valence electrons. The Hall–Kier alpha value is -3.92. The number of likely N-dealkylation sites (tertiary alicyclic amines) is 1. The maximum atomic E-state index is 12.2. The van der Waals surface area contributed by atoms with Crippen LogP contribution in [0.25, 0.3) is 5.82 Å². The standard InChI is InChI=1S/C27H34N8O2/c1-4-26(36)29-21-15-22(24(37-3)16-23(21)34-13-6-5-7-14-34)30-27-28-10-9-25(31-27)35-18-20(19(2)32-35)17-33-11-8-12-33/h4,9-10,15-16,18H,1,5-8,11-14,17H2,2-3H3,(H,29,36)(H,28,30,31). The van der Waals surface area contributed by atoms with Gasteiger partial charge in [-0.15, -0.1) is 0 Å². The predicted octanol–water partition coefficient (Wildman–Crippen LogP) is 4.04. The second-order valence-electron chi connectivity index (χ2n) is 9.49. The molecule has 2 aromatic heterocycles. The molecule has 2 aliphatic heterocycles. The van der Waals surface area contributed by atoms with Gasteiger partial charge in [0.15, 0.2) is 5.82 Å². The first-order valence-corrected chi connectivity index (χ1v) is 12.8. The fourth-order valence-corrected chi connectivity index (χ4v) is 4.72. The van der Waals surface area contributed by atoms with Crippen LogP contribution in [0, 0.1) is 6.92 Å². The Morgan fingerprint density at radius 2 is 1.95 bits per heavy atom.